The van der Waals surface area contributed by atoms with E-state index in [0.29, 0.717) is 16.7 Å². The van der Waals surface area contributed by atoms with Crippen molar-refractivity contribution in [2.75, 3.05) is 21.2 Å². The van der Waals surface area contributed by atoms with E-state index in [9.17, 15) is 8.42 Å². The molecule has 102 valence electrons. The summed E-state index contributed by atoms with van der Waals surface area (Å²) < 4.78 is 30.8. The number of pyridine rings is 1. The van der Waals surface area contributed by atoms with E-state index in [2.05, 4.69) is 4.98 Å². The first-order valence-corrected chi connectivity index (χ1v) is 7.25. The molecule has 0 unspecified atom stereocenters. The molecule has 0 radical (unpaired) electrons. The molecule has 0 aliphatic heterocycles. The molecule has 2 rings (SSSR count). The van der Waals surface area contributed by atoms with E-state index >= 15 is 0 Å². The van der Waals surface area contributed by atoms with Crippen LogP contribution in [0.3, 0.4) is 0 Å². The first kappa shape index (κ1) is 14.0. The molecule has 1 aromatic carbocycles. The highest BCUT2D eigenvalue weighted by Gasteiger charge is 2.22. The van der Waals surface area contributed by atoms with Gasteiger partial charge in [-0.15, -0.1) is 0 Å². The van der Waals surface area contributed by atoms with Crippen molar-refractivity contribution in [1.29, 1.82) is 0 Å². The molecule has 0 saturated carbocycles. The number of halogens is 1. The second-order valence-electron chi connectivity index (χ2n) is 4.08. The van der Waals surface area contributed by atoms with E-state index in [0.717, 1.165) is 4.31 Å². The van der Waals surface area contributed by atoms with E-state index in [1.54, 1.807) is 18.2 Å². The van der Waals surface area contributed by atoms with Gasteiger partial charge in [0.2, 0.25) is 10.0 Å². The zero-order chi connectivity index (χ0) is 14.2. The number of fused-ring (bicyclic) bond motifs is 1. The number of nitrogens with zero attached hydrogens (tertiary/aromatic N) is 2. The van der Waals surface area contributed by atoms with Gasteiger partial charge in [-0.1, -0.05) is 11.6 Å². The minimum Gasteiger partial charge on any atom is -0.494 e. The van der Waals surface area contributed by atoms with Gasteiger partial charge in [-0.3, -0.25) is 0 Å². The van der Waals surface area contributed by atoms with Crippen molar-refractivity contribution in [3.05, 3.63) is 29.4 Å². The van der Waals surface area contributed by atoms with Crippen molar-refractivity contribution >= 4 is 32.5 Å². The summed E-state index contributed by atoms with van der Waals surface area (Å²) >= 11 is 5.85. The van der Waals surface area contributed by atoms with E-state index in [1.165, 1.54) is 27.3 Å². The second kappa shape index (κ2) is 4.96. The topological polar surface area (TPSA) is 59.5 Å². The number of benzene rings is 1. The summed E-state index contributed by atoms with van der Waals surface area (Å²) in [5.74, 6) is 0.482. The van der Waals surface area contributed by atoms with Crippen molar-refractivity contribution in [1.82, 2.24) is 9.29 Å². The van der Waals surface area contributed by atoms with Crippen molar-refractivity contribution in [2.24, 2.45) is 0 Å². The highest BCUT2D eigenvalue weighted by Crippen LogP contribution is 2.31. The molecule has 1 heterocycles. The Morgan fingerprint density at radius 3 is 2.47 bits per heavy atom. The van der Waals surface area contributed by atoms with Gasteiger partial charge in [-0.25, -0.2) is 17.7 Å². The van der Waals surface area contributed by atoms with Gasteiger partial charge in [0.25, 0.3) is 0 Å². The highest BCUT2D eigenvalue weighted by molar-refractivity contribution is 7.89. The van der Waals surface area contributed by atoms with Gasteiger partial charge in [-0.05, 0) is 24.3 Å². The van der Waals surface area contributed by atoms with Gasteiger partial charge in [0, 0.05) is 19.5 Å². The molecule has 19 heavy (non-hydrogen) atoms. The second-order valence-corrected chi connectivity index (χ2v) is 6.59. The fourth-order valence-corrected chi connectivity index (χ4v) is 2.95. The summed E-state index contributed by atoms with van der Waals surface area (Å²) in [4.78, 5) is 4.32. The van der Waals surface area contributed by atoms with Crippen LogP contribution in [-0.4, -0.2) is 38.9 Å². The maximum Gasteiger partial charge on any atom is 0.243 e. The quantitative estimate of drug-likeness (QED) is 0.815. The Morgan fingerprint density at radius 1 is 1.21 bits per heavy atom. The fraction of sp³-hybridized carbons (Fsp3) is 0.250. The zero-order valence-electron chi connectivity index (χ0n) is 10.7. The van der Waals surface area contributed by atoms with Crippen molar-refractivity contribution in [3.8, 4) is 5.75 Å². The maximum absolute atomic E-state index is 12.3. The van der Waals surface area contributed by atoms with E-state index in [4.69, 9.17) is 16.3 Å². The van der Waals surface area contributed by atoms with Gasteiger partial charge < -0.3 is 4.74 Å². The molecule has 5 nitrogen and oxygen atoms in total. The molecule has 1 aromatic heterocycles. The predicted molar refractivity (Wildman–Crippen MR) is 74.2 cm³/mol. The standard InChI is InChI=1S/C12H13ClN2O3S/c1-15(2)19(16,17)10-6-5-9(18-3)12-8(10)4-7-11(13)14-12/h4-7H,1-3H3. The maximum atomic E-state index is 12.3. The van der Waals surface area contributed by atoms with Gasteiger partial charge in [0.05, 0.1) is 12.0 Å². The summed E-state index contributed by atoms with van der Waals surface area (Å²) in [7, 11) is 0.913. The summed E-state index contributed by atoms with van der Waals surface area (Å²) in [5, 5.41) is 0.766. The van der Waals surface area contributed by atoms with Gasteiger partial charge in [0.1, 0.15) is 16.4 Å². The average molecular weight is 301 g/mol. The van der Waals surface area contributed by atoms with Crippen LogP contribution in [0.4, 0.5) is 0 Å². The number of methoxy groups -OCH3 is 1. The number of ether oxygens (including phenoxy) is 1. The normalized spacial score (nSPS) is 12.1. The Bertz CT molecular complexity index is 729. The Hall–Kier alpha value is -1.37. The zero-order valence-corrected chi connectivity index (χ0v) is 12.3. The van der Waals surface area contributed by atoms with Gasteiger partial charge >= 0.3 is 0 Å². The Kier molecular flexibility index (Phi) is 3.66. The lowest BCUT2D eigenvalue weighted by Gasteiger charge is -2.14. The summed E-state index contributed by atoms with van der Waals surface area (Å²) in [6.07, 6.45) is 0. The molecule has 2 aromatic rings. The van der Waals surface area contributed by atoms with E-state index in [-0.39, 0.29) is 10.0 Å². The predicted octanol–water partition coefficient (Wildman–Crippen LogP) is 2.15. The number of aromatic nitrogens is 1. The van der Waals surface area contributed by atoms with Crippen LogP contribution in [0.15, 0.2) is 29.2 Å². The number of sulfonamides is 1. The molecule has 0 bridgehead atoms. The molecule has 0 aliphatic rings. The molecule has 0 amide bonds. The first-order chi connectivity index (χ1) is 8.87. The first-order valence-electron chi connectivity index (χ1n) is 5.43. The number of hydrogen-bond acceptors (Lipinski definition) is 4. The molecule has 7 heteroatoms. The van der Waals surface area contributed by atoms with Crippen molar-refractivity contribution in [2.45, 2.75) is 4.90 Å². The van der Waals surface area contributed by atoms with Crippen LogP contribution in [0.1, 0.15) is 0 Å². The molecule has 0 fully saturated rings. The monoisotopic (exact) mass is 300 g/mol. The van der Waals surface area contributed by atoms with E-state index < -0.39 is 10.0 Å². The lowest BCUT2D eigenvalue weighted by atomic mass is 10.2. The van der Waals surface area contributed by atoms with Gasteiger partial charge in [0.15, 0.2) is 0 Å². The fourth-order valence-electron chi connectivity index (χ4n) is 1.73. The molecule has 0 atom stereocenters. The van der Waals surface area contributed by atoms with Crippen molar-refractivity contribution in [3.63, 3.8) is 0 Å². The summed E-state index contributed by atoms with van der Waals surface area (Å²) in [5.41, 5.74) is 0.429. The molecule has 0 saturated heterocycles. The minimum absolute atomic E-state index is 0.178. The lowest BCUT2D eigenvalue weighted by Crippen LogP contribution is -2.22. The van der Waals surface area contributed by atoms with Crippen LogP contribution in [0.25, 0.3) is 10.9 Å². The van der Waals surface area contributed by atoms with Gasteiger partial charge in [-0.2, -0.15) is 0 Å². The number of hydrogen-bond donors (Lipinski definition) is 0. The van der Waals surface area contributed by atoms with Crippen LogP contribution in [0.5, 0.6) is 5.75 Å². The minimum atomic E-state index is -3.55. The van der Waals surface area contributed by atoms with Crippen LogP contribution in [0, 0.1) is 0 Å². The molecule has 0 N–H and O–H groups in total. The van der Waals surface area contributed by atoms with Crippen LogP contribution in [0.2, 0.25) is 5.15 Å². The summed E-state index contributed by atoms with van der Waals surface area (Å²) in [6.45, 7) is 0. The third-order valence-corrected chi connectivity index (χ3v) is 4.81. The Morgan fingerprint density at radius 2 is 1.89 bits per heavy atom. The molecule has 0 spiro atoms. The molecule has 0 aliphatic carbocycles. The number of rotatable bonds is 3. The lowest BCUT2D eigenvalue weighted by molar-refractivity contribution is 0.418. The molecular weight excluding hydrogens is 288 g/mol. The van der Waals surface area contributed by atoms with E-state index in [1.807, 2.05) is 0 Å². The largest absolute Gasteiger partial charge is 0.494 e. The Labute approximate surface area is 116 Å². The van der Waals surface area contributed by atoms with Crippen LogP contribution in [-0.2, 0) is 10.0 Å². The smallest absolute Gasteiger partial charge is 0.243 e. The van der Waals surface area contributed by atoms with Crippen LogP contribution >= 0.6 is 11.6 Å². The summed E-state index contributed by atoms with van der Waals surface area (Å²) in [6, 6.07) is 6.26. The SMILES string of the molecule is COc1ccc(S(=O)(=O)N(C)C)c2ccc(Cl)nc12. The average Bonchev–Trinajstić information content (AvgIpc) is 2.36. The Balaban J connectivity index is 2.86. The molecular formula is C12H13ClN2O3S. The van der Waals surface area contributed by atoms with Crippen LogP contribution < -0.4 is 4.74 Å². The third-order valence-electron chi connectivity index (χ3n) is 2.72. The third kappa shape index (κ3) is 2.39. The highest BCUT2D eigenvalue weighted by atomic mass is 35.5. The van der Waals surface area contributed by atoms with Crippen molar-refractivity contribution < 1.29 is 13.2 Å².